The van der Waals surface area contributed by atoms with Gasteiger partial charge in [-0.15, -0.1) is 0 Å². The molecule has 5 atom stereocenters. The summed E-state index contributed by atoms with van der Waals surface area (Å²) in [5.41, 5.74) is 0. The SMILES string of the molecule is CC(O)CC(C)NCC1CC2CCC1C2. The molecule has 2 nitrogen and oxygen atoms in total. The largest absolute Gasteiger partial charge is 0.393 e. The summed E-state index contributed by atoms with van der Waals surface area (Å²) in [6.45, 7) is 5.23. The smallest absolute Gasteiger partial charge is 0.0526 e. The van der Waals surface area contributed by atoms with Crippen LogP contribution in [-0.2, 0) is 0 Å². The van der Waals surface area contributed by atoms with Crippen molar-refractivity contribution in [1.82, 2.24) is 5.32 Å². The molecule has 0 aliphatic heterocycles. The molecule has 2 fully saturated rings. The maximum atomic E-state index is 9.28. The third-order valence-electron chi connectivity index (χ3n) is 4.31. The highest BCUT2D eigenvalue weighted by atomic mass is 16.3. The Hall–Kier alpha value is -0.0800. The number of nitrogens with one attached hydrogen (secondary N) is 1. The molecule has 2 N–H and O–H groups in total. The molecule has 15 heavy (non-hydrogen) atoms. The second kappa shape index (κ2) is 4.84. The minimum Gasteiger partial charge on any atom is -0.393 e. The molecule has 2 aliphatic carbocycles. The van der Waals surface area contributed by atoms with Gasteiger partial charge < -0.3 is 10.4 Å². The Balaban J connectivity index is 1.66. The molecule has 2 heteroatoms. The zero-order valence-corrected chi connectivity index (χ0v) is 10.1. The summed E-state index contributed by atoms with van der Waals surface area (Å²) in [6.07, 6.45) is 6.62. The normalized spacial score (nSPS) is 38.2. The van der Waals surface area contributed by atoms with Gasteiger partial charge in [-0.2, -0.15) is 0 Å². The van der Waals surface area contributed by atoms with Gasteiger partial charge in [0.25, 0.3) is 0 Å². The Kier molecular flexibility index (Phi) is 3.68. The molecule has 2 bridgehead atoms. The second-order valence-corrected chi connectivity index (χ2v) is 5.83. The average Bonchev–Trinajstić information content (AvgIpc) is 2.74. The minimum atomic E-state index is -0.174. The molecule has 0 amide bonds. The lowest BCUT2D eigenvalue weighted by Crippen LogP contribution is -2.34. The van der Waals surface area contributed by atoms with Crippen molar-refractivity contribution in [2.45, 2.75) is 58.1 Å². The summed E-state index contributed by atoms with van der Waals surface area (Å²) in [6, 6.07) is 0.462. The van der Waals surface area contributed by atoms with Crippen molar-refractivity contribution in [3.05, 3.63) is 0 Å². The molecule has 2 saturated carbocycles. The quantitative estimate of drug-likeness (QED) is 0.730. The maximum Gasteiger partial charge on any atom is 0.0526 e. The monoisotopic (exact) mass is 211 g/mol. The summed E-state index contributed by atoms with van der Waals surface area (Å²) in [5, 5.41) is 12.9. The van der Waals surface area contributed by atoms with Crippen LogP contribution in [0.25, 0.3) is 0 Å². The molecule has 0 saturated heterocycles. The lowest BCUT2D eigenvalue weighted by molar-refractivity contribution is 0.168. The van der Waals surface area contributed by atoms with Gasteiger partial charge in [0.05, 0.1) is 6.10 Å². The first-order valence-electron chi connectivity index (χ1n) is 6.56. The molecule has 0 aromatic carbocycles. The van der Waals surface area contributed by atoms with Crippen molar-refractivity contribution < 1.29 is 5.11 Å². The summed E-state index contributed by atoms with van der Waals surface area (Å²) in [5.74, 6) is 3.00. The van der Waals surface area contributed by atoms with Gasteiger partial charge >= 0.3 is 0 Å². The van der Waals surface area contributed by atoms with Crippen molar-refractivity contribution in [3.63, 3.8) is 0 Å². The van der Waals surface area contributed by atoms with Crippen LogP contribution in [0.1, 0.15) is 46.0 Å². The Morgan fingerprint density at radius 3 is 2.60 bits per heavy atom. The number of fused-ring (bicyclic) bond motifs is 2. The van der Waals surface area contributed by atoms with Crippen molar-refractivity contribution >= 4 is 0 Å². The maximum absolute atomic E-state index is 9.28. The standard InChI is InChI=1S/C13H25NO/c1-9(5-10(2)15)14-8-13-7-11-3-4-12(13)6-11/h9-15H,3-8H2,1-2H3. The molecule has 0 aromatic rings. The second-order valence-electron chi connectivity index (χ2n) is 5.83. The number of hydrogen-bond donors (Lipinski definition) is 2. The molecule has 0 radical (unpaired) electrons. The van der Waals surface area contributed by atoms with Gasteiger partial charge in [0, 0.05) is 6.04 Å². The van der Waals surface area contributed by atoms with E-state index in [1.54, 1.807) is 0 Å². The summed E-state index contributed by atoms with van der Waals surface area (Å²) >= 11 is 0. The molecule has 0 aromatic heterocycles. The highest BCUT2D eigenvalue weighted by Gasteiger charge is 2.38. The van der Waals surface area contributed by atoms with Crippen LogP contribution in [0, 0.1) is 17.8 Å². The highest BCUT2D eigenvalue weighted by Crippen LogP contribution is 2.47. The van der Waals surface area contributed by atoms with Crippen molar-refractivity contribution in [2.24, 2.45) is 17.8 Å². The van der Waals surface area contributed by atoms with Crippen LogP contribution >= 0.6 is 0 Å². The van der Waals surface area contributed by atoms with Crippen LogP contribution in [-0.4, -0.2) is 23.8 Å². The Bertz CT molecular complexity index is 205. The van der Waals surface area contributed by atoms with Gasteiger partial charge in [0.2, 0.25) is 0 Å². The molecule has 0 spiro atoms. The van der Waals surface area contributed by atoms with Gasteiger partial charge in [-0.25, -0.2) is 0 Å². The van der Waals surface area contributed by atoms with E-state index in [9.17, 15) is 5.11 Å². The van der Waals surface area contributed by atoms with Crippen LogP contribution in [0.15, 0.2) is 0 Å². The lowest BCUT2D eigenvalue weighted by atomic mass is 9.88. The van der Waals surface area contributed by atoms with Crippen molar-refractivity contribution in [2.75, 3.05) is 6.54 Å². The molecular formula is C13H25NO. The predicted molar refractivity (Wildman–Crippen MR) is 62.7 cm³/mol. The Morgan fingerprint density at radius 2 is 2.07 bits per heavy atom. The van der Waals surface area contributed by atoms with Crippen molar-refractivity contribution in [3.8, 4) is 0 Å². The molecule has 5 unspecified atom stereocenters. The Morgan fingerprint density at radius 1 is 1.27 bits per heavy atom. The summed E-state index contributed by atoms with van der Waals surface area (Å²) in [4.78, 5) is 0. The number of hydrogen-bond acceptors (Lipinski definition) is 2. The number of aliphatic hydroxyl groups is 1. The minimum absolute atomic E-state index is 0.174. The number of rotatable bonds is 5. The first-order chi connectivity index (χ1) is 7.15. The van der Waals surface area contributed by atoms with E-state index in [-0.39, 0.29) is 6.10 Å². The van der Waals surface area contributed by atoms with E-state index in [2.05, 4.69) is 12.2 Å². The van der Waals surface area contributed by atoms with Gasteiger partial charge in [0.1, 0.15) is 0 Å². The highest BCUT2D eigenvalue weighted by molar-refractivity contribution is 4.91. The van der Waals surface area contributed by atoms with Crippen molar-refractivity contribution in [1.29, 1.82) is 0 Å². The van der Waals surface area contributed by atoms with E-state index in [1.165, 1.54) is 32.2 Å². The fourth-order valence-electron chi connectivity index (χ4n) is 3.57. The third-order valence-corrected chi connectivity index (χ3v) is 4.31. The van der Waals surface area contributed by atoms with Gasteiger partial charge in [-0.05, 0) is 63.8 Å². The van der Waals surface area contributed by atoms with E-state index in [1.807, 2.05) is 6.92 Å². The zero-order chi connectivity index (χ0) is 10.8. The first-order valence-corrected chi connectivity index (χ1v) is 6.56. The van der Waals surface area contributed by atoms with Crippen LogP contribution in [0.5, 0.6) is 0 Å². The van der Waals surface area contributed by atoms with Crippen LogP contribution in [0.3, 0.4) is 0 Å². The third kappa shape index (κ3) is 2.94. The van der Waals surface area contributed by atoms with Crippen LogP contribution in [0.4, 0.5) is 0 Å². The Labute approximate surface area is 93.5 Å². The van der Waals surface area contributed by atoms with Gasteiger partial charge in [-0.1, -0.05) is 6.42 Å². The first kappa shape index (κ1) is 11.4. The van der Waals surface area contributed by atoms with E-state index in [0.29, 0.717) is 6.04 Å². The van der Waals surface area contributed by atoms with Gasteiger partial charge in [-0.3, -0.25) is 0 Å². The topological polar surface area (TPSA) is 32.3 Å². The zero-order valence-electron chi connectivity index (χ0n) is 10.1. The van der Waals surface area contributed by atoms with E-state index in [4.69, 9.17) is 0 Å². The molecule has 2 rings (SSSR count). The van der Waals surface area contributed by atoms with Crippen LogP contribution < -0.4 is 5.32 Å². The van der Waals surface area contributed by atoms with Crippen LogP contribution in [0.2, 0.25) is 0 Å². The van der Waals surface area contributed by atoms with E-state index < -0.39 is 0 Å². The summed E-state index contributed by atoms with van der Waals surface area (Å²) < 4.78 is 0. The van der Waals surface area contributed by atoms with Gasteiger partial charge in [0.15, 0.2) is 0 Å². The van der Waals surface area contributed by atoms with E-state index in [0.717, 1.165) is 24.2 Å². The molecule has 0 heterocycles. The predicted octanol–water partition coefficient (Wildman–Crippen LogP) is 2.17. The average molecular weight is 211 g/mol. The fraction of sp³-hybridized carbons (Fsp3) is 1.00. The number of aliphatic hydroxyl groups excluding tert-OH is 1. The molecular weight excluding hydrogens is 186 g/mol. The summed E-state index contributed by atoms with van der Waals surface area (Å²) in [7, 11) is 0. The fourth-order valence-corrected chi connectivity index (χ4v) is 3.57. The molecule has 2 aliphatic rings. The van der Waals surface area contributed by atoms with E-state index >= 15 is 0 Å². The lowest BCUT2D eigenvalue weighted by Gasteiger charge is -2.24. The molecule has 88 valence electrons.